The molecular weight excluding hydrogens is 263 g/mol. The Morgan fingerprint density at radius 3 is 2.74 bits per heavy atom. The minimum absolute atomic E-state index is 0.130. The fraction of sp³-hybridized carbons (Fsp3) is 0.533. The van der Waals surface area contributed by atoms with Crippen LogP contribution in [0.3, 0.4) is 0 Å². The van der Waals surface area contributed by atoms with Crippen molar-refractivity contribution in [2.45, 2.75) is 50.4 Å². The van der Waals surface area contributed by atoms with E-state index in [1.807, 2.05) is 13.0 Å². The summed E-state index contributed by atoms with van der Waals surface area (Å²) in [5, 5.41) is -0.167. The number of imidazole rings is 1. The number of hydrogen-bond acceptors (Lipinski definition) is 1. The largest absolute Gasteiger partial charge is 0.321 e. The van der Waals surface area contributed by atoms with Crippen LogP contribution in [0.2, 0.25) is 0 Å². The molecule has 2 nitrogen and oxygen atoms in total. The highest BCUT2D eigenvalue weighted by atomic mass is 35.5. The Morgan fingerprint density at radius 1 is 1.47 bits per heavy atom. The van der Waals surface area contributed by atoms with Crippen LogP contribution in [-0.2, 0) is 5.54 Å². The molecule has 1 aromatic carbocycles. The maximum Gasteiger partial charge on any atom is 0.128 e. The normalized spacial score (nSPS) is 19.4. The summed E-state index contributed by atoms with van der Waals surface area (Å²) in [6.07, 6.45) is 4.61. The summed E-state index contributed by atoms with van der Waals surface area (Å²) < 4.78 is 15.6. The Labute approximate surface area is 117 Å². The van der Waals surface area contributed by atoms with Crippen molar-refractivity contribution in [1.82, 2.24) is 9.55 Å². The summed E-state index contributed by atoms with van der Waals surface area (Å²) in [6.45, 7) is 4.13. The fourth-order valence-corrected chi connectivity index (χ4v) is 3.30. The van der Waals surface area contributed by atoms with Crippen LogP contribution in [0, 0.1) is 5.82 Å². The molecule has 1 saturated carbocycles. The van der Waals surface area contributed by atoms with Crippen LogP contribution in [0.1, 0.15) is 50.7 Å². The van der Waals surface area contributed by atoms with Crippen molar-refractivity contribution < 1.29 is 4.39 Å². The van der Waals surface area contributed by atoms with Gasteiger partial charge in [0.05, 0.1) is 16.4 Å². The molecule has 1 aliphatic carbocycles. The van der Waals surface area contributed by atoms with Crippen LogP contribution in [0.25, 0.3) is 11.0 Å². The van der Waals surface area contributed by atoms with Crippen LogP contribution in [0.5, 0.6) is 0 Å². The zero-order valence-corrected chi connectivity index (χ0v) is 12.0. The molecule has 0 spiro atoms. The van der Waals surface area contributed by atoms with Gasteiger partial charge in [0.25, 0.3) is 0 Å². The summed E-state index contributed by atoms with van der Waals surface area (Å²) in [4.78, 5) is 4.56. The Bertz CT molecular complexity index is 608. The van der Waals surface area contributed by atoms with E-state index in [9.17, 15) is 4.39 Å². The summed E-state index contributed by atoms with van der Waals surface area (Å²) in [5.74, 6) is 0.619. The van der Waals surface area contributed by atoms with Crippen LogP contribution in [-0.4, -0.2) is 9.55 Å². The molecule has 19 heavy (non-hydrogen) atoms. The van der Waals surface area contributed by atoms with Crippen LogP contribution in [0.15, 0.2) is 18.2 Å². The highest BCUT2D eigenvalue weighted by Gasteiger charge is 2.40. The van der Waals surface area contributed by atoms with Crippen molar-refractivity contribution in [1.29, 1.82) is 0 Å². The SMILES string of the molecule is CCC1(n2c(C(C)Cl)nc3cc(F)ccc32)CCC1. The lowest BCUT2D eigenvalue weighted by molar-refractivity contribution is 0.137. The highest BCUT2D eigenvalue weighted by Crippen LogP contribution is 2.45. The van der Waals surface area contributed by atoms with Gasteiger partial charge in [-0.05, 0) is 44.7 Å². The molecule has 1 fully saturated rings. The van der Waals surface area contributed by atoms with Crippen molar-refractivity contribution in [3.63, 3.8) is 0 Å². The van der Waals surface area contributed by atoms with Crippen LogP contribution >= 0.6 is 11.6 Å². The maximum atomic E-state index is 13.4. The van der Waals surface area contributed by atoms with Crippen molar-refractivity contribution in [3.8, 4) is 0 Å². The van der Waals surface area contributed by atoms with Gasteiger partial charge in [-0.25, -0.2) is 9.37 Å². The standard InChI is InChI=1S/C15H18ClFN2/c1-3-15(7-4-8-15)19-13-6-5-11(17)9-12(13)18-14(19)10(2)16/h5-6,9-10H,3-4,7-8H2,1-2H3. The van der Waals surface area contributed by atoms with Crippen LogP contribution in [0.4, 0.5) is 4.39 Å². The molecule has 1 heterocycles. The molecule has 1 aromatic heterocycles. The second-order valence-electron chi connectivity index (χ2n) is 5.49. The first-order valence-electron chi connectivity index (χ1n) is 6.90. The lowest BCUT2D eigenvalue weighted by atomic mass is 9.74. The molecule has 0 aliphatic heterocycles. The van der Waals surface area contributed by atoms with Crippen molar-refractivity contribution in [3.05, 3.63) is 29.8 Å². The third-order valence-electron chi connectivity index (χ3n) is 4.41. The fourth-order valence-electron chi connectivity index (χ4n) is 3.16. The third kappa shape index (κ3) is 1.86. The number of rotatable bonds is 3. The average Bonchev–Trinajstić information content (AvgIpc) is 2.68. The number of halogens is 2. The molecule has 1 aliphatic rings. The van der Waals surface area contributed by atoms with E-state index in [1.165, 1.54) is 18.6 Å². The van der Waals surface area contributed by atoms with Crippen molar-refractivity contribution in [2.75, 3.05) is 0 Å². The molecular formula is C15H18ClFN2. The lowest BCUT2D eigenvalue weighted by Gasteiger charge is -2.44. The molecule has 2 aromatic rings. The van der Waals surface area contributed by atoms with E-state index in [1.54, 1.807) is 0 Å². The lowest BCUT2D eigenvalue weighted by Crippen LogP contribution is -2.41. The number of aromatic nitrogens is 2. The van der Waals surface area contributed by atoms with E-state index in [2.05, 4.69) is 16.5 Å². The number of hydrogen-bond donors (Lipinski definition) is 0. The summed E-state index contributed by atoms with van der Waals surface area (Å²) >= 11 is 6.29. The minimum Gasteiger partial charge on any atom is -0.321 e. The summed E-state index contributed by atoms with van der Waals surface area (Å²) in [6, 6.07) is 4.83. The van der Waals surface area contributed by atoms with Crippen molar-refractivity contribution in [2.24, 2.45) is 0 Å². The molecule has 4 heteroatoms. The van der Waals surface area contributed by atoms with Gasteiger partial charge in [-0.15, -0.1) is 11.6 Å². The topological polar surface area (TPSA) is 17.8 Å². The van der Waals surface area contributed by atoms with Crippen LogP contribution < -0.4 is 0 Å². The molecule has 0 bridgehead atoms. The van der Waals surface area contributed by atoms with Gasteiger partial charge in [0.2, 0.25) is 0 Å². The smallest absolute Gasteiger partial charge is 0.128 e. The van der Waals surface area contributed by atoms with Gasteiger partial charge in [-0.2, -0.15) is 0 Å². The minimum atomic E-state index is -0.245. The van der Waals surface area contributed by atoms with E-state index < -0.39 is 0 Å². The number of fused-ring (bicyclic) bond motifs is 1. The first kappa shape index (κ1) is 12.9. The second kappa shape index (κ2) is 4.48. The predicted molar refractivity (Wildman–Crippen MR) is 76.1 cm³/mol. The highest BCUT2D eigenvalue weighted by molar-refractivity contribution is 6.20. The Kier molecular flexibility index (Phi) is 3.05. The molecule has 0 N–H and O–H groups in total. The van der Waals surface area contributed by atoms with Gasteiger partial charge in [0, 0.05) is 11.6 Å². The molecule has 3 rings (SSSR count). The van der Waals surface area contributed by atoms with E-state index in [0.717, 1.165) is 30.6 Å². The van der Waals surface area contributed by atoms with E-state index in [0.29, 0.717) is 5.52 Å². The Morgan fingerprint density at radius 2 is 2.21 bits per heavy atom. The first-order chi connectivity index (χ1) is 9.07. The quantitative estimate of drug-likeness (QED) is 0.741. The monoisotopic (exact) mass is 280 g/mol. The van der Waals surface area contributed by atoms with E-state index in [4.69, 9.17) is 11.6 Å². The van der Waals surface area contributed by atoms with Gasteiger partial charge in [-0.3, -0.25) is 0 Å². The maximum absolute atomic E-state index is 13.4. The molecule has 1 unspecified atom stereocenters. The molecule has 0 radical (unpaired) electrons. The summed E-state index contributed by atoms with van der Waals surface area (Å²) in [5.41, 5.74) is 1.85. The molecule has 102 valence electrons. The zero-order valence-electron chi connectivity index (χ0n) is 11.3. The third-order valence-corrected chi connectivity index (χ3v) is 4.61. The second-order valence-corrected chi connectivity index (χ2v) is 6.14. The van der Waals surface area contributed by atoms with Crippen molar-refractivity contribution >= 4 is 22.6 Å². The first-order valence-corrected chi connectivity index (χ1v) is 7.33. The van der Waals surface area contributed by atoms with Gasteiger partial charge in [0.1, 0.15) is 11.6 Å². The summed E-state index contributed by atoms with van der Waals surface area (Å²) in [7, 11) is 0. The van der Waals surface area contributed by atoms with Gasteiger partial charge >= 0.3 is 0 Å². The number of benzene rings is 1. The molecule has 1 atom stereocenters. The van der Waals surface area contributed by atoms with E-state index in [-0.39, 0.29) is 16.7 Å². The predicted octanol–water partition coefficient (Wildman–Crippen LogP) is 4.76. The van der Waals surface area contributed by atoms with E-state index >= 15 is 0 Å². The number of nitrogens with zero attached hydrogens (tertiary/aromatic N) is 2. The van der Waals surface area contributed by atoms with Gasteiger partial charge < -0.3 is 4.57 Å². The van der Waals surface area contributed by atoms with Gasteiger partial charge in [-0.1, -0.05) is 6.92 Å². The molecule has 0 saturated heterocycles. The zero-order chi connectivity index (χ0) is 13.6. The van der Waals surface area contributed by atoms with Gasteiger partial charge in [0.15, 0.2) is 0 Å². The Balaban J connectivity index is 2.28. The number of alkyl halides is 1. The molecule has 0 amide bonds. The Hall–Kier alpha value is -1.09. The average molecular weight is 281 g/mol.